The molecule has 1 saturated heterocycles. The number of hydrogen-bond donors (Lipinski definition) is 1. The molecule has 0 saturated carbocycles. The fraction of sp³-hybridized carbons (Fsp3) is 0.364. The van der Waals surface area contributed by atoms with Gasteiger partial charge in [-0.2, -0.15) is 0 Å². The molecule has 1 heterocycles. The average molecular weight is 225 g/mol. The average Bonchev–Trinajstić information content (AvgIpc) is 2.29. The van der Waals surface area contributed by atoms with E-state index in [1.165, 1.54) is 17.0 Å². The molecule has 1 aromatic rings. The number of carboxylic acid groups (broad SMARTS) is 1. The smallest absolute Gasteiger partial charge is 0.407 e. The lowest BCUT2D eigenvalue weighted by atomic mass is 10.1. The molecule has 0 unspecified atom stereocenters. The highest BCUT2D eigenvalue weighted by molar-refractivity contribution is 5.65. The summed E-state index contributed by atoms with van der Waals surface area (Å²) in [5.74, 6) is -0.339. The molecule has 4 nitrogen and oxygen atoms in total. The molecule has 0 spiro atoms. The van der Waals surface area contributed by atoms with E-state index in [4.69, 9.17) is 9.84 Å². The van der Waals surface area contributed by atoms with Crippen molar-refractivity contribution in [1.82, 2.24) is 4.90 Å². The first-order valence-corrected chi connectivity index (χ1v) is 5.02. The third kappa shape index (κ3) is 2.30. The van der Waals surface area contributed by atoms with E-state index in [2.05, 4.69) is 0 Å². The summed E-state index contributed by atoms with van der Waals surface area (Å²) in [5.41, 5.74) is 0.672. The highest BCUT2D eigenvalue weighted by atomic mass is 19.1. The van der Waals surface area contributed by atoms with Crippen molar-refractivity contribution < 1.29 is 19.0 Å². The van der Waals surface area contributed by atoms with E-state index in [0.717, 1.165) is 0 Å². The van der Waals surface area contributed by atoms with Gasteiger partial charge < -0.3 is 14.7 Å². The highest BCUT2D eigenvalue weighted by Gasteiger charge is 2.24. The van der Waals surface area contributed by atoms with Gasteiger partial charge in [0, 0.05) is 6.54 Å². The Labute approximate surface area is 92.2 Å². The van der Waals surface area contributed by atoms with Gasteiger partial charge >= 0.3 is 6.09 Å². The summed E-state index contributed by atoms with van der Waals surface area (Å²) in [4.78, 5) is 12.1. The minimum Gasteiger partial charge on any atom is -0.465 e. The van der Waals surface area contributed by atoms with Crippen molar-refractivity contribution in [3.63, 3.8) is 0 Å². The van der Waals surface area contributed by atoms with Crippen LogP contribution in [0.4, 0.5) is 9.18 Å². The molecule has 0 radical (unpaired) electrons. The quantitative estimate of drug-likeness (QED) is 0.793. The number of nitrogens with zero attached hydrogens (tertiary/aromatic N) is 1. The molecular formula is C11H12FNO3. The summed E-state index contributed by atoms with van der Waals surface area (Å²) in [7, 11) is 0. The van der Waals surface area contributed by atoms with Crippen molar-refractivity contribution in [1.29, 1.82) is 0 Å². The maximum absolute atomic E-state index is 13.0. The number of rotatable bonds is 1. The van der Waals surface area contributed by atoms with Crippen LogP contribution in [0.1, 0.15) is 11.7 Å². The Bertz CT molecular complexity index is 397. The molecule has 1 aliphatic rings. The third-order valence-corrected chi connectivity index (χ3v) is 2.56. The van der Waals surface area contributed by atoms with Gasteiger partial charge in [-0.25, -0.2) is 9.18 Å². The van der Waals surface area contributed by atoms with Crippen LogP contribution >= 0.6 is 0 Å². The van der Waals surface area contributed by atoms with E-state index in [0.29, 0.717) is 18.7 Å². The van der Waals surface area contributed by atoms with Crippen molar-refractivity contribution in [2.45, 2.75) is 6.10 Å². The van der Waals surface area contributed by atoms with Crippen LogP contribution in [0, 0.1) is 5.82 Å². The Morgan fingerprint density at radius 3 is 3.06 bits per heavy atom. The molecule has 86 valence electrons. The van der Waals surface area contributed by atoms with Gasteiger partial charge in [-0.15, -0.1) is 0 Å². The van der Waals surface area contributed by atoms with Crippen LogP contribution in [0.5, 0.6) is 0 Å². The first kappa shape index (κ1) is 10.9. The van der Waals surface area contributed by atoms with Crippen LogP contribution in [-0.2, 0) is 4.74 Å². The maximum Gasteiger partial charge on any atom is 0.407 e. The summed E-state index contributed by atoms with van der Waals surface area (Å²) in [6, 6.07) is 6.05. The van der Waals surface area contributed by atoms with Gasteiger partial charge in [-0.05, 0) is 17.7 Å². The Morgan fingerprint density at radius 1 is 1.56 bits per heavy atom. The van der Waals surface area contributed by atoms with E-state index >= 15 is 0 Å². The third-order valence-electron chi connectivity index (χ3n) is 2.56. The molecule has 5 heteroatoms. The second-order valence-electron chi connectivity index (χ2n) is 3.64. The van der Waals surface area contributed by atoms with Crippen LogP contribution in [0.2, 0.25) is 0 Å². The molecule has 0 aromatic heterocycles. The predicted molar refractivity (Wildman–Crippen MR) is 54.7 cm³/mol. The van der Waals surface area contributed by atoms with Crippen molar-refractivity contribution in [2.24, 2.45) is 0 Å². The summed E-state index contributed by atoms with van der Waals surface area (Å²) >= 11 is 0. The second-order valence-corrected chi connectivity index (χ2v) is 3.64. The number of ether oxygens (including phenoxy) is 1. The van der Waals surface area contributed by atoms with E-state index in [9.17, 15) is 9.18 Å². The van der Waals surface area contributed by atoms with Crippen LogP contribution in [0.3, 0.4) is 0 Å². The Kier molecular flexibility index (Phi) is 3.05. The van der Waals surface area contributed by atoms with Gasteiger partial charge in [0.1, 0.15) is 11.9 Å². The van der Waals surface area contributed by atoms with Crippen molar-refractivity contribution in [3.05, 3.63) is 35.6 Å². The lowest BCUT2D eigenvalue weighted by molar-refractivity contribution is -0.0233. The minimum absolute atomic E-state index is 0.249. The number of benzene rings is 1. The first-order chi connectivity index (χ1) is 7.66. The molecule has 1 N–H and O–H groups in total. The van der Waals surface area contributed by atoms with Gasteiger partial charge in [0.05, 0.1) is 13.2 Å². The minimum atomic E-state index is -0.968. The zero-order valence-electron chi connectivity index (χ0n) is 8.60. The van der Waals surface area contributed by atoms with Crippen molar-refractivity contribution >= 4 is 6.09 Å². The summed E-state index contributed by atoms with van der Waals surface area (Å²) in [6.07, 6.45) is -1.34. The molecule has 2 rings (SSSR count). The highest BCUT2D eigenvalue weighted by Crippen LogP contribution is 2.22. The van der Waals surface area contributed by atoms with Crippen LogP contribution in [0.25, 0.3) is 0 Å². The van der Waals surface area contributed by atoms with Gasteiger partial charge in [-0.3, -0.25) is 0 Å². The molecule has 1 atom stereocenters. The van der Waals surface area contributed by atoms with Gasteiger partial charge in [0.2, 0.25) is 0 Å². The Morgan fingerprint density at radius 2 is 2.38 bits per heavy atom. The fourth-order valence-corrected chi connectivity index (χ4v) is 1.73. The van der Waals surface area contributed by atoms with E-state index in [-0.39, 0.29) is 18.5 Å². The standard InChI is InChI=1S/C11H12FNO3/c12-9-3-1-2-8(6-9)10-7-13(11(14)15)4-5-16-10/h1-3,6,10H,4-5,7H2,(H,14,15)/t10-/m1/s1. The predicted octanol–water partition coefficient (Wildman–Crippen LogP) is 1.88. The number of amides is 1. The second kappa shape index (κ2) is 4.49. The molecule has 0 aliphatic carbocycles. The zero-order valence-corrected chi connectivity index (χ0v) is 8.60. The first-order valence-electron chi connectivity index (χ1n) is 5.02. The molecule has 1 amide bonds. The number of morpholine rings is 1. The molecule has 1 aromatic carbocycles. The van der Waals surface area contributed by atoms with Crippen molar-refractivity contribution in [3.8, 4) is 0 Å². The lowest BCUT2D eigenvalue weighted by Crippen LogP contribution is -2.41. The maximum atomic E-state index is 13.0. The largest absolute Gasteiger partial charge is 0.465 e. The van der Waals surface area contributed by atoms with E-state index < -0.39 is 6.09 Å². The number of halogens is 1. The van der Waals surface area contributed by atoms with Gasteiger partial charge in [0.15, 0.2) is 0 Å². The fourth-order valence-electron chi connectivity index (χ4n) is 1.73. The monoisotopic (exact) mass is 225 g/mol. The molecule has 1 aliphatic heterocycles. The topological polar surface area (TPSA) is 49.8 Å². The number of hydrogen-bond acceptors (Lipinski definition) is 2. The summed E-state index contributed by atoms with van der Waals surface area (Å²) in [5, 5.41) is 8.85. The van der Waals surface area contributed by atoms with Gasteiger partial charge in [0.25, 0.3) is 0 Å². The molecule has 16 heavy (non-hydrogen) atoms. The summed E-state index contributed by atoms with van der Waals surface area (Å²) < 4.78 is 18.4. The zero-order chi connectivity index (χ0) is 11.5. The Hall–Kier alpha value is -1.62. The van der Waals surface area contributed by atoms with Crippen LogP contribution in [0.15, 0.2) is 24.3 Å². The van der Waals surface area contributed by atoms with E-state index in [1.807, 2.05) is 0 Å². The van der Waals surface area contributed by atoms with Crippen molar-refractivity contribution in [2.75, 3.05) is 19.7 Å². The summed E-state index contributed by atoms with van der Waals surface area (Å²) in [6.45, 7) is 0.952. The normalized spacial score (nSPS) is 20.8. The van der Waals surface area contributed by atoms with E-state index in [1.54, 1.807) is 12.1 Å². The Balaban J connectivity index is 2.12. The van der Waals surface area contributed by atoms with Gasteiger partial charge in [-0.1, -0.05) is 12.1 Å². The molecule has 1 fully saturated rings. The van der Waals surface area contributed by atoms with Crippen LogP contribution < -0.4 is 0 Å². The molecular weight excluding hydrogens is 213 g/mol. The molecule has 0 bridgehead atoms. The SMILES string of the molecule is O=C(O)N1CCO[C@@H](c2cccc(F)c2)C1. The lowest BCUT2D eigenvalue weighted by Gasteiger charge is -2.31. The van der Waals surface area contributed by atoms with Crippen LogP contribution in [-0.4, -0.2) is 35.8 Å². The number of carbonyl (C=O) groups is 1.